The number of anilines is 1. The summed E-state index contributed by atoms with van der Waals surface area (Å²) >= 11 is 0. The minimum atomic E-state index is -0.467. The number of hydrogen-bond acceptors (Lipinski definition) is 3. The molecule has 1 aromatic carbocycles. The third-order valence-corrected chi connectivity index (χ3v) is 2.86. The van der Waals surface area contributed by atoms with Gasteiger partial charge in [0.05, 0.1) is 18.9 Å². The van der Waals surface area contributed by atoms with Gasteiger partial charge < -0.3 is 20.1 Å². The van der Waals surface area contributed by atoms with E-state index in [0.717, 1.165) is 0 Å². The maximum absolute atomic E-state index is 13.0. The van der Waals surface area contributed by atoms with Gasteiger partial charge in [0.2, 0.25) is 0 Å². The number of methoxy groups -OCH3 is 1. The number of nitrogens with one attached hydrogen (secondary N) is 1. The van der Waals surface area contributed by atoms with E-state index in [1.165, 1.54) is 30.2 Å². The quantitative estimate of drug-likeness (QED) is 0.839. The Morgan fingerprint density at radius 2 is 2.39 bits per heavy atom. The van der Waals surface area contributed by atoms with Crippen LogP contribution in [0.25, 0.3) is 0 Å². The normalized spacial score (nSPS) is 18.8. The van der Waals surface area contributed by atoms with Gasteiger partial charge in [-0.1, -0.05) is 0 Å². The van der Waals surface area contributed by atoms with Crippen molar-refractivity contribution in [1.82, 2.24) is 4.90 Å². The minimum absolute atomic E-state index is 0.267. The lowest BCUT2D eigenvalue weighted by Gasteiger charge is -2.17. The second-order valence-electron chi connectivity index (χ2n) is 4.16. The van der Waals surface area contributed by atoms with Crippen molar-refractivity contribution in [3.8, 4) is 5.75 Å². The monoisotopic (exact) mass is 254 g/mol. The van der Waals surface area contributed by atoms with Crippen molar-refractivity contribution in [3.05, 3.63) is 24.0 Å². The summed E-state index contributed by atoms with van der Waals surface area (Å²) in [6.07, 6.45) is 0.111. The molecule has 1 atom stereocenters. The molecule has 0 radical (unpaired) electrons. The Hall–Kier alpha value is -1.82. The average molecular weight is 254 g/mol. The highest BCUT2D eigenvalue weighted by molar-refractivity contribution is 5.91. The number of carbonyl (C=O) groups is 1. The molecule has 2 amide bonds. The number of nitrogens with zero attached hydrogens (tertiary/aromatic N) is 1. The number of urea groups is 1. The largest absolute Gasteiger partial charge is 0.494 e. The first-order chi connectivity index (χ1) is 8.60. The van der Waals surface area contributed by atoms with E-state index >= 15 is 0 Å². The van der Waals surface area contributed by atoms with Crippen LogP contribution in [-0.4, -0.2) is 42.3 Å². The van der Waals surface area contributed by atoms with Gasteiger partial charge >= 0.3 is 6.03 Å². The van der Waals surface area contributed by atoms with E-state index in [-0.39, 0.29) is 11.8 Å². The predicted molar refractivity (Wildman–Crippen MR) is 64.2 cm³/mol. The van der Waals surface area contributed by atoms with Gasteiger partial charge in [0, 0.05) is 19.2 Å². The van der Waals surface area contributed by atoms with Crippen LogP contribution >= 0.6 is 0 Å². The number of β-amino-alcohol motifs (C(OH)–C–C–N with tert-alkyl or cyclic N) is 1. The Kier molecular flexibility index (Phi) is 3.66. The molecule has 18 heavy (non-hydrogen) atoms. The van der Waals surface area contributed by atoms with Crippen molar-refractivity contribution in [2.24, 2.45) is 0 Å². The smallest absolute Gasteiger partial charge is 0.322 e. The molecule has 1 aliphatic rings. The minimum Gasteiger partial charge on any atom is -0.494 e. The summed E-state index contributed by atoms with van der Waals surface area (Å²) < 4.78 is 18.0. The molecule has 0 bridgehead atoms. The molecule has 0 aromatic heterocycles. The molecule has 1 aliphatic heterocycles. The van der Waals surface area contributed by atoms with E-state index in [2.05, 4.69) is 5.32 Å². The van der Waals surface area contributed by atoms with Gasteiger partial charge in [0.25, 0.3) is 0 Å². The topological polar surface area (TPSA) is 61.8 Å². The van der Waals surface area contributed by atoms with Crippen LogP contribution in [0.1, 0.15) is 6.42 Å². The molecular weight excluding hydrogens is 239 g/mol. The molecule has 0 aliphatic carbocycles. The SMILES string of the molecule is COc1cc(F)ccc1NC(=O)N1CC[C@H](O)C1. The van der Waals surface area contributed by atoms with E-state index in [9.17, 15) is 14.3 Å². The van der Waals surface area contributed by atoms with Crippen molar-refractivity contribution in [2.45, 2.75) is 12.5 Å². The van der Waals surface area contributed by atoms with E-state index in [1.54, 1.807) is 0 Å². The summed E-state index contributed by atoms with van der Waals surface area (Å²) in [6, 6.07) is 3.57. The number of ether oxygens (including phenoxy) is 1. The number of benzene rings is 1. The number of aliphatic hydroxyl groups is 1. The Morgan fingerprint density at radius 1 is 1.61 bits per heavy atom. The zero-order valence-corrected chi connectivity index (χ0v) is 10.0. The van der Waals surface area contributed by atoms with Crippen molar-refractivity contribution >= 4 is 11.7 Å². The van der Waals surface area contributed by atoms with Crippen LogP contribution in [0, 0.1) is 5.82 Å². The van der Waals surface area contributed by atoms with Gasteiger partial charge in [0.1, 0.15) is 11.6 Å². The van der Waals surface area contributed by atoms with Crippen molar-refractivity contribution in [2.75, 3.05) is 25.5 Å². The lowest BCUT2D eigenvalue weighted by atomic mass is 10.3. The Balaban J connectivity index is 2.07. The molecule has 2 N–H and O–H groups in total. The van der Waals surface area contributed by atoms with Crippen LogP contribution in [0.4, 0.5) is 14.9 Å². The number of carbonyl (C=O) groups excluding carboxylic acids is 1. The third kappa shape index (κ3) is 2.70. The van der Waals surface area contributed by atoms with Crippen molar-refractivity contribution < 1.29 is 19.0 Å². The van der Waals surface area contributed by atoms with Gasteiger partial charge in [-0.15, -0.1) is 0 Å². The molecule has 1 saturated heterocycles. The number of amides is 2. The van der Waals surface area contributed by atoms with Crippen LogP contribution < -0.4 is 10.1 Å². The standard InChI is InChI=1S/C12H15FN2O3/c1-18-11-6-8(13)2-3-10(11)14-12(17)15-5-4-9(16)7-15/h2-3,6,9,16H,4-5,7H2,1H3,(H,14,17)/t9-/m0/s1. The van der Waals surface area contributed by atoms with Gasteiger partial charge in [0.15, 0.2) is 0 Å². The molecule has 0 saturated carbocycles. The second-order valence-corrected chi connectivity index (χ2v) is 4.16. The Bertz CT molecular complexity index is 453. The maximum atomic E-state index is 13.0. The molecule has 1 heterocycles. The number of likely N-dealkylation sites (tertiary alicyclic amines) is 1. The summed E-state index contributed by atoms with van der Waals surface area (Å²) in [7, 11) is 1.41. The highest BCUT2D eigenvalue weighted by Crippen LogP contribution is 2.25. The van der Waals surface area contributed by atoms with Gasteiger partial charge in [-0.2, -0.15) is 0 Å². The fraction of sp³-hybridized carbons (Fsp3) is 0.417. The van der Waals surface area contributed by atoms with Crippen LogP contribution in [0.5, 0.6) is 5.75 Å². The van der Waals surface area contributed by atoms with Crippen molar-refractivity contribution in [1.29, 1.82) is 0 Å². The molecule has 6 heteroatoms. The molecule has 0 spiro atoms. The van der Waals surface area contributed by atoms with Crippen LogP contribution in [0.3, 0.4) is 0 Å². The van der Waals surface area contributed by atoms with E-state index in [1.807, 2.05) is 0 Å². The first kappa shape index (κ1) is 12.6. The van der Waals surface area contributed by atoms with Gasteiger partial charge in [-0.3, -0.25) is 0 Å². The van der Waals surface area contributed by atoms with Gasteiger partial charge in [-0.25, -0.2) is 9.18 Å². The first-order valence-electron chi connectivity index (χ1n) is 5.67. The molecule has 98 valence electrons. The lowest BCUT2D eigenvalue weighted by molar-refractivity contribution is 0.176. The highest BCUT2D eigenvalue weighted by Gasteiger charge is 2.25. The first-order valence-corrected chi connectivity index (χ1v) is 5.67. The van der Waals surface area contributed by atoms with Gasteiger partial charge in [-0.05, 0) is 18.6 Å². The average Bonchev–Trinajstić information content (AvgIpc) is 2.78. The van der Waals surface area contributed by atoms with E-state index in [4.69, 9.17) is 4.74 Å². The molecule has 2 rings (SSSR count). The highest BCUT2D eigenvalue weighted by atomic mass is 19.1. The summed E-state index contributed by atoms with van der Waals surface area (Å²) in [5.41, 5.74) is 0.408. The fourth-order valence-corrected chi connectivity index (χ4v) is 1.89. The van der Waals surface area contributed by atoms with Crippen LogP contribution in [0.15, 0.2) is 18.2 Å². The van der Waals surface area contributed by atoms with Crippen LogP contribution in [0.2, 0.25) is 0 Å². The lowest BCUT2D eigenvalue weighted by Crippen LogP contribution is -2.33. The number of halogens is 1. The molecule has 1 aromatic rings. The Labute approximate surface area is 104 Å². The summed E-state index contributed by atoms with van der Waals surface area (Å²) in [4.78, 5) is 13.4. The number of hydrogen-bond donors (Lipinski definition) is 2. The summed E-state index contributed by atoms with van der Waals surface area (Å²) in [6.45, 7) is 0.825. The zero-order chi connectivity index (χ0) is 13.1. The predicted octanol–water partition coefficient (Wildman–Crippen LogP) is 1.43. The Morgan fingerprint density at radius 3 is 3.00 bits per heavy atom. The third-order valence-electron chi connectivity index (χ3n) is 2.86. The molecule has 5 nitrogen and oxygen atoms in total. The maximum Gasteiger partial charge on any atom is 0.322 e. The zero-order valence-electron chi connectivity index (χ0n) is 10.0. The molecular formula is C12H15FN2O3. The molecule has 0 unspecified atom stereocenters. The van der Waals surface area contributed by atoms with E-state index < -0.39 is 11.9 Å². The van der Waals surface area contributed by atoms with Crippen molar-refractivity contribution in [3.63, 3.8) is 0 Å². The van der Waals surface area contributed by atoms with E-state index in [0.29, 0.717) is 25.2 Å². The fourth-order valence-electron chi connectivity index (χ4n) is 1.89. The van der Waals surface area contributed by atoms with Crippen LogP contribution in [-0.2, 0) is 0 Å². The molecule has 1 fully saturated rings. The summed E-state index contributed by atoms with van der Waals surface area (Å²) in [5.74, 6) is -0.162. The number of aliphatic hydroxyl groups excluding tert-OH is 1. The second kappa shape index (κ2) is 5.22. The summed E-state index contributed by atoms with van der Waals surface area (Å²) in [5, 5.41) is 12.0. The number of rotatable bonds is 2.